The van der Waals surface area contributed by atoms with Crippen LogP contribution < -0.4 is 5.32 Å². The SMILES string of the molecule is C1CCOCC1.C1CCOCC1.CNc1cc2c(cn1)nc([C@@H](C)O)n2C1CCC(CC#N)CC1. The summed E-state index contributed by atoms with van der Waals surface area (Å²) < 4.78 is 12.3. The van der Waals surface area contributed by atoms with Crippen LogP contribution >= 0.6 is 0 Å². The normalized spacial score (nSPS) is 23.1. The molecule has 35 heavy (non-hydrogen) atoms. The lowest BCUT2D eigenvalue weighted by atomic mass is 9.84. The minimum Gasteiger partial charge on any atom is -0.385 e. The molecule has 0 aromatic carbocycles. The van der Waals surface area contributed by atoms with Crippen LogP contribution in [0.15, 0.2) is 12.3 Å². The summed E-state index contributed by atoms with van der Waals surface area (Å²) in [5.74, 6) is 2.02. The third kappa shape index (κ3) is 8.45. The Morgan fingerprint density at radius 3 is 2.09 bits per heavy atom. The molecule has 1 aliphatic carbocycles. The maximum Gasteiger partial charge on any atom is 0.138 e. The van der Waals surface area contributed by atoms with Crippen molar-refractivity contribution in [3.8, 4) is 6.07 Å². The third-order valence-electron chi connectivity index (χ3n) is 6.95. The molecule has 4 heterocycles. The first-order valence-corrected chi connectivity index (χ1v) is 13.4. The summed E-state index contributed by atoms with van der Waals surface area (Å²) in [5, 5.41) is 22.1. The van der Waals surface area contributed by atoms with Gasteiger partial charge in [-0.05, 0) is 77.0 Å². The van der Waals surface area contributed by atoms with Gasteiger partial charge < -0.3 is 24.5 Å². The summed E-state index contributed by atoms with van der Waals surface area (Å²) in [6.07, 6.45) is 13.8. The van der Waals surface area contributed by atoms with Gasteiger partial charge in [-0.3, -0.25) is 0 Å². The van der Waals surface area contributed by atoms with Gasteiger partial charge in [0, 0.05) is 52.0 Å². The van der Waals surface area contributed by atoms with Crippen molar-refractivity contribution in [3.05, 3.63) is 18.1 Å². The molecular weight excluding hydrogens is 442 g/mol. The molecule has 1 atom stereocenters. The number of hydrogen-bond donors (Lipinski definition) is 2. The van der Waals surface area contributed by atoms with Crippen LogP contribution in [0.3, 0.4) is 0 Å². The van der Waals surface area contributed by atoms with Gasteiger partial charge in [-0.1, -0.05) is 0 Å². The van der Waals surface area contributed by atoms with E-state index in [4.69, 9.17) is 14.7 Å². The molecule has 3 fully saturated rings. The Balaban J connectivity index is 0.000000231. The van der Waals surface area contributed by atoms with Crippen LogP contribution in [0.2, 0.25) is 0 Å². The molecule has 2 N–H and O–H groups in total. The van der Waals surface area contributed by atoms with Gasteiger partial charge in [0.05, 0.1) is 17.8 Å². The second-order valence-electron chi connectivity index (χ2n) is 9.71. The molecule has 0 radical (unpaired) electrons. The highest BCUT2D eigenvalue weighted by Gasteiger charge is 2.27. The predicted molar refractivity (Wildman–Crippen MR) is 138 cm³/mol. The van der Waals surface area contributed by atoms with E-state index in [-0.39, 0.29) is 0 Å². The first kappa shape index (κ1) is 27.4. The second-order valence-corrected chi connectivity index (χ2v) is 9.71. The van der Waals surface area contributed by atoms with Crippen LogP contribution in [-0.4, -0.2) is 53.1 Å². The topological polar surface area (TPSA) is 105 Å². The number of aliphatic hydroxyl groups is 1. The fourth-order valence-electron chi connectivity index (χ4n) is 4.94. The van der Waals surface area contributed by atoms with E-state index in [0.717, 1.165) is 69.0 Å². The molecule has 2 aromatic heterocycles. The lowest BCUT2D eigenvalue weighted by molar-refractivity contribution is 0.0967. The number of fused-ring (bicyclic) bond motifs is 1. The third-order valence-corrected chi connectivity index (χ3v) is 6.95. The Labute approximate surface area is 210 Å². The number of hydrogen-bond acceptors (Lipinski definition) is 7. The molecule has 3 aliphatic rings. The van der Waals surface area contributed by atoms with E-state index in [0.29, 0.717) is 24.2 Å². The average Bonchev–Trinajstić information content (AvgIpc) is 3.31. The van der Waals surface area contributed by atoms with Gasteiger partial charge in [-0.15, -0.1) is 0 Å². The zero-order valence-electron chi connectivity index (χ0n) is 21.5. The summed E-state index contributed by atoms with van der Waals surface area (Å²) in [4.78, 5) is 8.90. The number of imidazole rings is 1. The largest absolute Gasteiger partial charge is 0.385 e. The van der Waals surface area contributed by atoms with Crippen LogP contribution in [-0.2, 0) is 9.47 Å². The van der Waals surface area contributed by atoms with Crippen molar-refractivity contribution in [2.75, 3.05) is 38.8 Å². The Hall–Kier alpha value is -2.21. The van der Waals surface area contributed by atoms with Crippen LogP contribution in [0.4, 0.5) is 5.82 Å². The highest BCUT2D eigenvalue weighted by atomic mass is 16.5. The summed E-state index contributed by atoms with van der Waals surface area (Å²) in [5.41, 5.74) is 1.84. The molecule has 0 bridgehead atoms. The van der Waals surface area contributed by atoms with Crippen molar-refractivity contribution in [2.24, 2.45) is 5.92 Å². The van der Waals surface area contributed by atoms with Crippen LogP contribution in [0.5, 0.6) is 0 Å². The standard InChI is InChI=1S/C17H23N5O.2C5H10O/c1-11(23)17-21-14-10-20-16(19-2)9-15(14)22(17)13-5-3-12(4-6-13)7-8-18;2*1-2-4-6-5-3-1/h9-13,23H,3-7H2,1-2H3,(H,19,20);2*1-5H2/t11-,12?,13?;;/m1../s1. The zero-order chi connectivity index (χ0) is 24.9. The van der Waals surface area contributed by atoms with Crippen molar-refractivity contribution in [1.82, 2.24) is 14.5 Å². The Morgan fingerprint density at radius 2 is 1.66 bits per heavy atom. The first-order chi connectivity index (χ1) is 17.1. The molecule has 194 valence electrons. The van der Waals surface area contributed by atoms with Gasteiger partial charge in [-0.2, -0.15) is 5.26 Å². The van der Waals surface area contributed by atoms with E-state index in [9.17, 15) is 5.11 Å². The van der Waals surface area contributed by atoms with Gasteiger partial charge in [0.25, 0.3) is 0 Å². The maximum absolute atomic E-state index is 10.1. The maximum atomic E-state index is 10.1. The number of ether oxygens (including phenoxy) is 2. The van der Waals surface area contributed by atoms with E-state index in [2.05, 4.69) is 25.9 Å². The number of aromatic nitrogens is 3. The minimum atomic E-state index is -0.614. The van der Waals surface area contributed by atoms with Crippen molar-refractivity contribution in [2.45, 2.75) is 89.7 Å². The summed E-state index contributed by atoms with van der Waals surface area (Å²) in [6, 6.07) is 4.61. The number of aliphatic hydroxyl groups excluding tert-OH is 1. The summed E-state index contributed by atoms with van der Waals surface area (Å²) in [7, 11) is 1.84. The summed E-state index contributed by atoms with van der Waals surface area (Å²) >= 11 is 0. The van der Waals surface area contributed by atoms with Gasteiger partial charge in [0.15, 0.2) is 0 Å². The highest BCUT2D eigenvalue weighted by Crippen LogP contribution is 2.37. The molecule has 0 amide bonds. The number of nitriles is 1. The van der Waals surface area contributed by atoms with Crippen molar-refractivity contribution >= 4 is 16.9 Å². The first-order valence-electron chi connectivity index (χ1n) is 13.4. The van der Waals surface area contributed by atoms with E-state index >= 15 is 0 Å². The van der Waals surface area contributed by atoms with Gasteiger partial charge in [-0.25, -0.2) is 9.97 Å². The zero-order valence-corrected chi connectivity index (χ0v) is 21.5. The van der Waals surface area contributed by atoms with Gasteiger partial charge in [0.1, 0.15) is 23.3 Å². The van der Waals surface area contributed by atoms with E-state index < -0.39 is 6.10 Å². The fraction of sp³-hybridized carbons (Fsp3) is 0.741. The van der Waals surface area contributed by atoms with Crippen LogP contribution in [0, 0.1) is 17.2 Å². The molecule has 1 saturated carbocycles. The van der Waals surface area contributed by atoms with E-state index in [1.54, 1.807) is 13.1 Å². The highest BCUT2D eigenvalue weighted by molar-refractivity contribution is 5.78. The van der Waals surface area contributed by atoms with Gasteiger partial charge >= 0.3 is 0 Å². The lowest BCUT2D eigenvalue weighted by Gasteiger charge is -2.30. The Kier molecular flexibility index (Phi) is 11.8. The fourth-order valence-corrected chi connectivity index (χ4v) is 4.94. The molecular formula is C27H43N5O3. The quantitative estimate of drug-likeness (QED) is 0.585. The van der Waals surface area contributed by atoms with Gasteiger partial charge in [0.2, 0.25) is 0 Å². The molecule has 8 heteroatoms. The number of pyridine rings is 1. The molecule has 5 rings (SSSR count). The van der Waals surface area contributed by atoms with Crippen molar-refractivity contribution in [1.29, 1.82) is 5.26 Å². The Bertz CT molecular complexity index is 872. The van der Waals surface area contributed by atoms with E-state index in [1.165, 1.54) is 38.5 Å². The number of nitrogens with one attached hydrogen (secondary N) is 1. The monoisotopic (exact) mass is 485 g/mol. The molecule has 0 unspecified atom stereocenters. The Morgan fingerprint density at radius 1 is 1.06 bits per heavy atom. The average molecular weight is 486 g/mol. The molecule has 0 spiro atoms. The summed E-state index contributed by atoms with van der Waals surface area (Å²) in [6.45, 7) is 5.76. The molecule has 2 saturated heterocycles. The second kappa shape index (κ2) is 15.0. The smallest absolute Gasteiger partial charge is 0.138 e. The van der Waals surface area contributed by atoms with Crippen LogP contribution in [0.1, 0.15) is 95.5 Å². The predicted octanol–water partition coefficient (Wildman–Crippen LogP) is 5.55. The lowest BCUT2D eigenvalue weighted by Crippen LogP contribution is -2.20. The number of anilines is 1. The van der Waals surface area contributed by atoms with Crippen LogP contribution in [0.25, 0.3) is 11.0 Å². The number of nitrogens with zero attached hydrogens (tertiary/aromatic N) is 4. The van der Waals surface area contributed by atoms with E-state index in [1.807, 2.05) is 13.1 Å². The number of rotatable bonds is 4. The molecule has 2 aliphatic heterocycles. The molecule has 2 aromatic rings. The van der Waals surface area contributed by atoms with Crippen molar-refractivity contribution in [3.63, 3.8) is 0 Å². The molecule has 8 nitrogen and oxygen atoms in total. The minimum absolute atomic E-state index is 0.326. The van der Waals surface area contributed by atoms with Crippen molar-refractivity contribution < 1.29 is 14.6 Å².